The molecule has 1 heterocycles. The maximum absolute atomic E-state index is 13.5. The summed E-state index contributed by atoms with van der Waals surface area (Å²) in [6.45, 7) is 3.65. The van der Waals surface area contributed by atoms with Crippen LogP contribution < -0.4 is 4.90 Å². The number of fused-ring (bicyclic) bond motifs is 1. The number of halogens is 2. The van der Waals surface area contributed by atoms with E-state index in [1.165, 1.54) is 17.0 Å². The van der Waals surface area contributed by atoms with Crippen LogP contribution in [0, 0.1) is 13.8 Å². The largest absolute Gasteiger partial charge is 0.289 e. The summed E-state index contributed by atoms with van der Waals surface area (Å²) < 4.78 is 0. The summed E-state index contributed by atoms with van der Waals surface area (Å²) in [6, 6.07) is 16.7. The fraction of sp³-hybridized carbons (Fsp3) is 0.125. The van der Waals surface area contributed by atoms with Gasteiger partial charge in [-0.05, 0) is 67.4 Å². The molecule has 0 aliphatic carbocycles. The van der Waals surface area contributed by atoms with Gasteiger partial charge in [-0.2, -0.15) is 0 Å². The van der Waals surface area contributed by atoms with E-state index in [0.29, 0.717) is 21.8 Å². The first-order chi connectivity index (χ1) is 14.8. The van der Waals surface area contributed by atoms with E-state index in [-0.39, 0.29) is 17.3 Å². The number of imide groups is 1. The molecule has 0 spiro atoms. The molecule has 31 heavy (non-hydrogen) atoms. The van der Waals surface area contributed by atoms with Gasteiger partial charge in [0, 0.05) is 10.7 Å². The number of amides is 3. The van der Waals surface area contributed by atoms with Crippen LogP contribution in [0.15, 0.2) is 60.7 Å². The molecule has 3 aromatic rings. The Balaban J connectivity index is 1.76. The number of benzene rings is 3. The Kier molecular flexibility index (Phi) is 5.56. The molecule has 3 amide bonds. The van der Waals surface area contributed by atoms with Gasteiger partial charge in [0.25, 0.3) is 17.7 Å². The number of hydrogen-bond acceptors (Lipinski definition) is 3. The lowest BCUT2D eigenvalue weighted by Gasteiger charge is -2.28. The zero-order valence-electron chi connectivity index (χ0n) is 16.9. The molecule has 0 fully saturated rings. The van der Waals surface area contributed by atoms with E-state index in [1.807, 2.05) is 26.0 Å². The molecule has 0 N–H and O–H groups in total. The molecule has 1 aliphatic heterocycles. The van der Waals surface area contributed by atoms with E-state index < -0.39 is 17.7 Å². The van der Waals surface area contributed by atoms with E-state index in [0.717, 1.165) is 16.0 Å². The second kappa shape index (κ2) is 8.17. The van der Waals surface area contributed by atoms with Gasteiger partial charge in [-0.15, -0.1) is 0 Å². The summed E-state index contributed by atoms with van der Waals surface area (Å²) in [5.74, 6) is -1.32. The van der Waals surface area contributed by atoms with Gasteiger partial charge in [-0.3, -0.25) is 24.2 Å². The number of carbonyl (C=O) groups excluding carboxylic acids is 3. The molecule has 3 aromatic carbocycles. The van der Waals surface area contributed by atoms with Crippen molar-refractivity contribution in [2.75, 3.05) is 11.6 Å². The molecule has 0 atom stereocenters. The van der Waals surface area contributed by atoms with Gasteiger partial charge in [-0.1, -0.05) is 41.4 Å². The third kappa shape index (κ3) is 3.82. The maximum atomic E-state index is 13.5. The van der Waals surface area contributed by atoms with E-state index in [2.05, 4.69) is 0 Å². The van der Waals surface area contributed by atoms with Gasteiger partial charge < -0.3 is 0 Å². The summed E-state index contributed by atoms with van der Waals surface area (Å²) >= 11 is 12.3. The predicted octanol–water partition coefficient (Wildman–Crippen LogP) is 5.51. The first kappa shape index (κ1) is 21.1. The Bertz CT molecular complexity index is 1200. The summed E-state index contributed by atoms with van der Waals surface area (Å²) in [6.07, 6.45) is 0. The van der Waals surface area contributed by atoms with Crippen molar-refractivity contribution in [3.63, 3.8) is 0 Å². The Morgan fingerprint density at radius 3 is 2.10 bits per heavy atom. The highest BCUT2D eigenvalue weighted by molar-refractivity contribution is 6.37. The monoisotopic (exact) mass is 452 g/mol. The normalized spacial score (nSPS) is 12.8. The summed E-state index contributed by atoms with van der Waals surface area (Å²) in [7, 11) is 0. The molecule has 0 saturated carbocycles. The van der Waals surface area contributed by atoms with Gasteiger partial charge in [0.1, 0.15) is 6.67 Å². The lowest BCUT2D eigenvalue weighted by Crippen LogP contribution is -2.44. The molecule has 4 rings (SSSR count). The van der Waals surface area contributed by atoms with Crippen molar-refractivity contribution in [1.29, 1.82) is 0 Å². The Morgan fingerprint density at radius 2 is 1.52 bits per heavy atom. The zero-order valence-corrected chi connectivity index (χ0v) is 18.4. The number of rotatable bonds is 4. The first-order valence-electron chi connectivity index (χ1n) is 9.57. The van der Waals surface area contributed by atoms with Crippen molar-refractivity contribution in [3.05, 3.63) is 98.5 Å². The van der Waals surface area contributed by atoms with Crippen molar-refractivity contribution in [2.45, 2.75) is 13.8 Å². The summed E-state index contributed by atoms with van der Waals surface area (Å²) in [5.41, 5.74) is 3.45. The standard InChI is InChI=1S/C24H18Cl2N2O3/c1-14-7-9-17(11-15(14)2)27(24(31)20-10-8-16(25)12-21(20)26)13-28-22(29)18-5-3-4-6-19(18)23(28)30/h3-12H,13H2,1-2H3. The van der Waals surface area contributed by atoms with Crippen molar-refractivity contribution >= 4 is 46.6 Å². The number of anilines is 1. The quantitative estimate of drug-likeness (QED) is 0.490. The number of hydrogen-bond donors (Lipinski definition) is 0. The molecular weight excluding hydrogens is 435 g/mol. The van der Waals surface area contributed by atoms with Crippen LogP contribution in [0.5, 0.6) is 0 Å². The van der Waals surface area contributed by atoms with Crippen LogP contribution in [-0.2, 0) is 0 Å². The molecule has 0 bridgehead atoms. The zero-order chi connectivity index (χ0) is 22.3. The van der Waals surface area contributed by atoms with E-state index >= 15 is 0 Å². The lowest BCUT2D eigenvalue weighted by atomic mass is 10.1. The van der Waals surface area contributed by atoms with Crippen molar-refractivity contribution in [3.8, 4) is 0 Å². The third-order valence-electron chi connectivity index (χ3n) is 5.37. The third-order valence-corrected chi connectivity index (χ3v) is 5.92. The Hall–Kier alpha value is -3.15. The average molecular weight is 453 g/mol. The molecule has 0 unspecified atom stereocenters. The van der Waals surface area contributed by atoms with Crippen LogP contribution in [0.2, 0.25) is 10.0 Å². The van der Waals surface area contributed by atoms with Crippen LogP contribution in [-0.4, -0.2) is 29.3 Å². The average Bonchev–Trinajstić information content (AvgIpc) is 2.98. The van der Waals surface area contributed by atoms with Crippen LogP contribution in [0.3, 0.4) is 0 Å². The molecule has 156 valence electrons. The Labute approximate surface area is 189 Å². The number of aryl methyl sites for hydroxylation is 2. The van der Waals surface area contributed by atoms with Crippen LogP contribution >= 0.6 is 23.2 Å². The van der Waals surface area contributed by atoms with Gasteiger partial charge in [0.2, 0.25) is 0 Å². The number of nitrogens with zero attached hydrogens (tertiary/aromatic N) is 2. The van der Waals surface area contributed by atoms with Crippen LogP contribution in [0.4, 0.5) is 5.69 Å². The minimum absolute atomic E-state index is 0.189. The predicted molar refractivity (Wildman–Crippen MR) is 121 cm³/mol. The first-order valence-corrected chi connectivity index (χ1v) is 10.3. The number of carbonyl (C=O) groups is 3. The molecule has 0 radical (unpaired) electrons. The fourth-order valence-electron chi connectivity index (χ4n) is 3.47. The highest BCUT2D eigenvalue weighted by atomic mass is 35.5. The summed E-state index contributed by atoms with van der Waals surface area (Å²) in [4.78, 5) is 41.7. The minimum atomic E-state index is -0.443. The minimum Gasteiger partial charge on any atom is -0.289 e. The second-order valence-electron chi connectivity index (χ2n) is 7.35. The van der Waals surface area contributed by atoms with E-state index in [4.69, 9.17) is 23.2 Å². The van der Waals surface area contributed by atoms with Crippen molar-refractivity contribution in [1.82, 2.24) is 4.90 Å². The highest BCUT2D eigenvalue weighted by Crippen LogP contribution is 2.29. The van der Waals surface area contributed by atoms with Gasteiger partial charge in [-0.25, -0.2) is 0 Å². The SMILES string of the molecule is Cc1ccc(N(CN2C(=O)c3ccccc3C2=O)C(=O)c2ccc(Cl)cc2Cl)cc1C. The van der Waals surface area contributed by atoms with Gasteiger partial charge in [0.15, 0.2) is 0 Å². The maximum Gasteiger partial charge on any atom is 0.263 e. The molecule has 5 nitrogen and oxygen atoms in total. The van der Waals surface area contributed by atoms with Gasteiger partial charge in [0.05, 0.1) is 21.7 Å². The molecular formula is C24H18Cl2N2O3. The van der Waals surface area contributed by atoms with Crippen molar-refractivity contribution in [2.24, 2.45) is 0 Å². The topological polar surface area (TPSA) is 57.7 Å². The lowest BCUT2D eigenvalue weighted by molar-refractivity contribution is 0.0650. The van der Waals surface area contributed by atoms with E-state index in [1.54, 1.807) is 36.4 Å². The van der Waals surface area contributed by atoms with Crippen molar-refractivity contribution < 1.29 is 14.4 Å². The summed E-state index contributed by atoms with van der Waals surface area (Å²) in [5, 5.41) is 0.591. The van der Waals surface area contributed by atoms with Gasteiger partial charge >= 0.3 is 0 Å². The van der Waals surface area contributed by atoms with Crippen LogP contribution in [0.25, 0.3) is 0 Å². The smallest absolute Gasteiger partial charge is 0.263 e. The molecule has 1 aliphatic rings. The van der Waals surface area contributed by atoms with E-state index in [9.17, 15) is 14.4 Å². The Morgan fingerprint density at radius 1 is 0.871 bits per heavy atom. The fourth-order valence-corrected chi connectivity index (χ4v) is 3.96. The molecule has 0 aromatic heterocycles. The highest BCUT2D eigenvalue weighted by Gasteiger charge is 2.37. The molecule has 0 saturated heterocycles. The van der Waals surface area contributed by atoms with Crippen LogP contribution in [0.1, 0.15) is 42.2 Å². The molecule has 7 heteroatoms. The second-order valence-corrected chi connectivity index (χ2v) is 8.19.